The molecular formula is C15H17ClN2O. The fourth-order valence-corrected chi connectivity index (χ4v) is 2.11. The van der Waals surface area contributed by atoms with E-state index in [1.807, 2.05) is 48.0 Å². The van der Waals surface area contributed by atoms with Gasteiger partial charge in [-0.05, 0) is 30.7 Å². The van der Waals surface area contributed by atoms with Crippen molar-refractivity contribution in [3.05, 3.63) is 47.2 Å². The summed E-state index contributed by atoms with van der Waals surface area (Å²) in [6, 6.07) is 9.56. The van der Waals surface area contributed by atoms with Gasteiger partial charge in [0.2, 0.25) is 0 Å². The normalized spacial score (nSPS) is 10.5. The van der Waals surface area contributed by atoms with E-state index in [0.29, 0.717) is 10.7 Å². The van der Waals surface area contributed by atoms with Crippen molar-refractivity contribution in [2.75, 3.05) is 14.1 Å². The fraction of sp³-hybridized carbons (Fsp3) is 0.267. The average molecular weight is 277 g/mol. The van der Waals surface area contributed by atoms with Gasteiger partial charge in [-0.2, -0.15) is 0 Å². The Kier molecular flexibility index (Phi) is 3.96. The van der Waals surface area contributed by atoms with Gasteiger partial charge in [-0.25, -0.2) is 0 Å². The van der Waals surface area contributed by atoms with E-state index in [4.69, 9.17) is 11.6 Å². The molecule has 0 saturated carbocycles. The minimum Gasteiger partial charge on any atom is -0.343 e. The quantitative estimate of drug-likeness (QED) is 0.842. The topological polar surface area (TPSA) is 25.2 Å². The molecule has 0 saturated heterocycles. The summed E-state index contributed by atoms with van der Waals surface area (Å²) in [7, 11) is 3.52. The number of nitrogens with zero attached hydrogens (tertiary/aromatic N) is 2. The largest absolute Gasteiger partial charge is 0.343 e. The highest BCUT2D eigenvalue weighted by molar-refractivity contribution is 6.30. The number of amides is 1. The molecule has 0 N–H and O–H groups in total. The van der Waals surface area contributed by atoms with Crippen molar-refractivity contribution in [2.45, 2.75) is 13.5 Å². The molecule has 0 aliphatic carbocycles. The molecule has 100 valence electrons. The van der Waals surface area contributed by atoms with Crippen molar-refractivity contribution in [1.82, 2.24) is 9.47 Å². The maximum absolute atomic E-state index is 12.1. The fourth-order valence-electron chi connectivity index (χ4n) is 1.98. The van der Waals surface area contributed by atoms with Crippen LogP contribution in [0.2, 0.25) is 5.02 Å². The number of carbonyl (C=O) groups is 1. The summed E-state index contributed by atoms with van der Waals surface area (Å²) < 4.78 is 1.96. The monoisotopic (exact) mass is 276 g/mol. The summed E-state index contributed by atoms with van der Waals surface area (Å²) in [4.78, 5) is 13.7. The minimum absolute atomic E-state index is 0.0158. The second-order valence-corrected chi connectivity index (χ2v) is 5.04. The third-order valence-electron chi connectivity index (χ3n) is 3.04. The van der Waals surface area contributed by atoms with Crippen LogP contribution in [-0.2, 0) is 6.54 Å². The van der Waals surface area contributed by atoms with Crippen molar-refractivity contribution in [3.63, 3.8) is 0 Å². The molecule has 0 aliphatic heterocycles. The third kappa shape index (κ3) is 2.82. The summed E-state index contributed by atoms with van der Waals surface area (Å²) in [5.74, 6) is 0.0158. The zero-order chi connectivity index (χ0) is 14.0. The van der Waals surface area contributed by atoms with Gasteiger partial charge in [0.05, 0.1) is 0 Å². The predicted octanol–water partition coefficient (Wildman–Crippen LogP) is 3.53. The summed E-state index contributed by atoms with van der Waals surface area (Å²) in [6.07, 6.45) is 2.00. The zero-order valence-electron chi connectivity index (χ0n) is 11.4. The van der Waals surface area contributed by atoms with Gasteiger partial charge in [-0.15, -0.1) is 0 Å². The van der Waals surface area contributed by atoms with Gasteiger partial charge in [0.15, 0.2) is 0 Å². The maximum Gasteiger partial charge on any atom is 0.269 e. The van der Waals surface area contributed by atoms with E-state index in [0.717, 1.165) is 17.7 Å². The Labute approximate surface area is 118 Å². The standard InChI is InChI=1S/C15H17ClN2O/c1-4-18-10-12(9-14(18)15(19)17(2)3)11-5-7-13(16)8-6-11/h5-10H,4H2,1-3H3. The van der Waals surface area contributed by atoms with E-state index in [9.17, 15) is 4.79 Å². The zero-order valence-corrected chi connectivity index (χ0v) is 12.1. The van der Waals surface area contributed by atoms with E-state index >= 15 is 0 Å². The third-order valence-corrected chi connectivity index (χ3v) is 3.29. The smallest absolute Gasteiger partial charge is 0.269 e. The van der Waals surface area contributed by atoms with Crippen molar-refractivity contribution in [3.8, 4) is 11.1 Å². The molecule has 0 atom stereocenters. The van der Waals surface area contributed by atoms with Crippen LogP contribution in [0.3, 0.4) is 0 Å². The number of halogens is 1. The number of benzene rings is 1. The van der Waals surface area contributed by atoms with Crippen LogP contribution in [0.15, 0.2) is 36.5 Å². The molecule has 1 aromatic carbocycles. The lowest BCUT2D eigenvalue weighted by Gasteiger charge is -2.11. The molecule has 0 unspecified atom stereocenters. The molecule has 0 bridgehead atoms. The first-order valence-electron chi connectivity index (χ1n) is 6.20. The van der Waals surface area contributed by atoms with Crippen LogP contribution >= 0.6 is 11.6 Å². The molecule has 0 spiro atoms. The Morgan fingerprint density at radius 2 is 1.84 bits per heavy atom. The summed E-state index contributed by atoms with van der Waals surface area (Å²) in [5, 5.41) is 0.711. The lowest BCUT2D eigenvalue weighted by molar-refractivity contribution is 0.0817. The van der Waals surface area contributed by atoms with Crippen molar-refractivity contribution in [2.24, 2.45) is 0 Å². The number of rotatable bonds is 3. The van der Waals surface area contributed by atoms with Gasteiger partial charge in [0.1, 0.15) is 5.69 Å². The van der Waals surface area contributed by atoms with Crippen LogP contribution in [0.4, 0.5) is 0 Å². The average Bonchev–Trinajstić information content (AvgIpc) is 2.82. The van der Waals surface area contributed by atoms with Crippen LogP contribution in [0, 0.1) is 0 Å². The summed E-state index contributed by atoms with van der Waals surface area (Å²) >= 11 is 5.89. The molecule has 2 rings (SSSR count). The second kappa shape index (κ2) is 5.49. The molecular weight excluding hydrogens is 260 g/mol. The molecule has 1 aromatic heterocycles. The van der Waals surface area contributed by atoms with Crippen LogP contribution in [0.5, 0.6) is 0 Å². The van der Waals surface area contributed by atoms with Crippen molar-refractivity contribution in [1.29, 1.82) is 0 Å². The first-order chi connectivity index (χ1) is 9.02. The predicted molar refractivity (Wildman–Crippen MR) is 78.6 cm³/mol. The minimum atomic E-state index is 0.0158. The van der Waals surface area contributed by atoms with Crippen molar-refractivity contribution >= 4 is 17.5 Å². The lowest BCUT2D eigenvalue weighted by atomic mass is 10.1. The number of hydrogen-bond donors (Lipinski definition) is 0. The first-order valence-corrected chi connectivity index (χ1v) is 6.58. The lowest BCUT2D eigenvalue weighted by Crippen LogP contribution is -2.24. The van der Waals surface area contributed by atoms with E-state index < -0.39 is 0 Å². The molecule has 2 aromatic rings. The van der Waals surface area contributed by atoms with Crippen LogP contribution in [0.1, 0.15) is 17.4 Å². The Balaban J connectivity index is 2.44. The van der Waals surface area contributed by atoms with Gasteiger partial charge in [0.25, 0.3) is 5.91 Å². The first kappa shape index (κ1) is 13.7. The highest BCUT2D eigenvalue weighted by Crippen LogP contribution is 2.24. The molecule has 0 aliphatic rings. The Morgan fingerprint density at radius 1 is 1.21 bits per heavy atom. The maximum atomic E-state index is 12.1. The Hall–Kier alpha value is -1.74. The molecule has 1 heterocycles. The molecule has 4 heteroatoms. The van der Waals surface area contributed by atoms with Crippen molar-refractivity contribution < 1.29 is 4.79 Å². The SMILES string of the molecule is CCn1cc(-c2ccc(Cl)cc2)cc1C(=O)N(C)C. The summed E-state index contributed by atoms with van der Waals surface area (Å²) in [5.41, 5.74) is 2.80. The van der Waals surface area contributed by atoms with E-state index in [1.165, 1.54) is 0 Å². The van der Waals surface area contributed by atoms with Gasteiger partial charge in [0, 0.05) is 37.4 Å². The van der Waals surface area contributed by atoms with E-state index in [1.54, 1.807) is 19.0 Å². The molecule has 3 nitrogen and oxygen atoms in total. The van der Waals surface area contributed by atoms with Gasteiger partial charge < -0.3 is 9.47 Å². The van der Waals surface area contributed by atoms with Gasteiger partial charge >= 0.3 is 0 Å². The second-order valence-electron chi connectivity index (χ2n) is 4.61. The number of aromatic nitrogens is 1. The molecule has 1 amide bonds. The van der Waals surface area contributed by atoms with E-state index in [2.05, 4.69) is 0 Å². The van der Waals surface area contributed by atoms with Crippen LogP contribution < -0.4 is 0 Å². The number of hydrogen-bond acceptors (Lipinski definition) is 1. The van der Waals surface area contributed by atoms with Gasteiger partial charge in [-0.3, -0.25) is 4.79 Å². The van der Waals surface area contributed by atoms with Crippen LogP contribution in [0.25, 0.3) is 11.1 Å². The van der Waals surface area contributed by atoms with Crippen LogP contribution in [-0.4, -0.2) is 29.5 Å². The Morgan fingerprint density at radius 3 is 2.37 bits per heavy atom. The van der Waals surface area contributed by atoms with E-state index in [-0.39, 0.29) is 5.91 Å². The molecule has 19 heavy (non-hydrogen) atoms. The molecule has 0 radical (unpaired) electrons. The Bertz CT molecular complexity index is 585. The molecule has 0 fully saturated rings. The highest BCUT2D eigenvalue weighted by atomic mass is 35.5. The summed E-state index contributed by atoms with van der Waals surface area (Å²) in [6.45, 7) is 2.79. The number of carbonyl (C=O) groups excluding carboxylic acids is 1. The van der Waals surface area contributed by atoms with Gasteiger partial charge in [-0.1, -0.05) is 23.7 Å². The highest BCUT2D eigenvalue weighted by Gasteiger charge is 2.15. The number of aryl methyl sites for hydroxylation is 1.